The number of rotatable bonds is 9. The van der Waals surface area contributed by atoms with Gasteiger partial charge in [-0.1, -0.05) is 24.3 Å². The number of nitrogens with zero attached hydrogens (tertiary/aromatic N) is 2. The zero-order valence-corrected chi connectivity index (χ0v) is 17.3. The Balaban J connectivity index is 1.63. The number of carbonyl (C=O) groups is 1. The van der Waals surface area contributed by atoms with Crippen molar-refractivity contribution in [3.05, 3.63) is 52.2 Å². The maximum Gasteiger partial charge on any atom is 0.241 e. The number of likely N-dealkylation sites (N-methyl/N-ethyl adjacent to an activating group) is 1. The van der Waals surface area contributed by atoms with Crippen LogP contribution in [0.1, 0.15) is 23.3 Å². The van der Waals surface area contributed by atoms with Crippen LogP contribution < -0.4 is 15.4 Å². The van der Waals surface area contributed by atoms with Gasteiger partial charge in [0.25, 0.3) is 0 Å². The third kappa shape index (κ3) is 6.56. The Kier molecular flexibility index (Phi) is 7.31. The van der Waals surface area contributed by atoms with E-state index in [4.69, 9.17) is 4.74 Å². The van der Waals surface area contributed by atoms with Crippen LogP contribution in [0, 0.1) is 5.92 Å². The lowest BCUT2D eigenvalue weighted by molar-refractivity contribution is -0.127. The molecule has 0 saturated heterocycles. The van der Waals surface area contributed by atoms with Gasteiger partial charge in [-0.25, -0.2) is 4.99 Å². The van der Waals surface area contributed by atoms with Crippen molar-refractivity contribution in [1.29, 1.82) is 0 Å². The van der Waals surface area contributed by atoms with E-state index < -0.39 is 0 Å². The predicted molar refractivity (Wildman–Crippen MR) is 114 cm³/mol. The van der Waals surface area contributed by atoms with E-state index in [0.717, 1.165) is 17.9 Å². The van der Waals surface area contributed by atoms with Crippen LogP contribution in [0.5, 0.6) is 5.75 Å². The molecule has 0 unspecified atom stereocenters. The summed E-state index contributed by atoms with van der Waals surface area (Å²) >= 11 is 1.69. The van der Waals surface area contributed by atoms with Gasteiger partial charge < -0.3 is 20.3 Å². The van der Waals surface area contributed by atoms with E-state index in [1.54, 1.807) is 30.3 Å². The quantitative estimate of drug-likeness (QED) is 0.502. The van der Waals surface area contributed by atoms with E-state index in [2.05, 4.69) is 21.7 Å². The second kappa shape index (κ2) is 10.1. The summed E-state index contributed by atoms with van der Waals surface area (Å²) in [6.45, 7) is 2.12. The normalized spacial score (nSPS) is 13.9. The molecule has 1 heterocycles. The van der Waals surface area contributed by atoms with Crippen molar-refractivity contribution in [3.63, 3.8) is 0 Å². The first-order valence-electron chi connectivity index (χ1n) is 9.57. The van der Waals surface area contributed by atoms with Crippen LogP contribution in [0.2, 0.25) is 0 Å². The first kappa shape index (κ1) is 20.2. The van der Waals surface area contributed by atoms with Crippen LogP contribution in [-0.2, 0) is 17.9 Å². The van der Waals surface area contributed by atoms with Crippen molar-refractivity contribution in [2.24, 2.45) is 10.9 Å². The van der Waals surface area contributed by atoms with Crippen LogP contribution in [0.3, 0.4) is 0 Å². The first-order chi connectivity index (χ1) is 13.6. The SMILES string of the molecule is CN(C)C(=O)CNC(=NCc1ccccc1OCC1CC1)NCc1cccs1. The van der Waals surface area contributed by atoms with Crippen molar-refractivity contribution < 1.29 is 9.53 Å². The number of hydrogen-bond donors (Lipinski definition) is 2. The van der Waals surface area contributed by atoms with E-state index in [9.17, 15) is 4.79 Å². The molecule has 1 aromatic heterocycles. The molecule has 150 valence electrons. The number of ether oxygens (including phenoxy) is 1. The predicted octanol–water partition coefficient (Wildman–Crippen LogP) is 2.86. The number of benzene rings is 1. The molecule has 1 aliphatic rings. The Morgan fingerprint density at radius 1 is 1.21 bits per heavy atom. The fourth-order valence-corrected chi connectivity index (χ4v) is 3.15. The summed E-state index contributed by atoms with van der Waals surface area (Å²) in [5, 5.41) is 8.47. The van der Waals surface area contributed by atoms with Crippen molar-refractivity contribution in [1.82, 2.24) is 15.5 Å². The van der Waals surface area contributed by atoms with Gasteiger partial charge in [-0.05, 0) is 36.3 Å². The molecule has 1 aliphatic carbocycles. The summed E-state index contributed by atoms with van der Waals surface area (Å²) in [5.74, 6) is 2.21. The van der Waals surface area contributed by atoms with Crippen molar-refractivity contribution in [3.8, 4) is 5.75 Å². The number of carbonyl (C=O) groups excluding carboxylic acids is 1. The van der Waals surface area contributed by atoms with Gasteiger partial charge in [0.2, 0.25) is 5.91 Å². The van der Waals surface area contributed by atoms with Crippen molar-refractivity contribution in [2.75, 3.05) is 27.2 Å². The van der Waals surface area contributed by atoms with Crippen LogP contribution in [0.25, 0.3) is 0 Å². The average molecular weight is 401 g/mol. The average Bonchev–Trinajstić information content (AvgIpc) is 3.38. The molecule has 1 aromatic carbocycles. The molecule has 2 N–H and O–H groups in total. The lowest BCUT2D eigenvalue weighted by Crippen LogP contribution is -2.42. The van der Waals surface area contributed by atoms with Crippen LogP contribution in [0.15, 0.2) is 46.8 Å². The highest BCUT2D eigenvalue weighted by molar-refractivity contribution is 7.09. The van der Waals surface area contributed by atoms with Gasteiger partial charge in [-0.3, -0.25) is 4.79 Å². The minimum absolute atomic E-state index is 0.00112. The third-order valence-corrected chi connectivity index (χ3v) is 5.34. The molecule has 28 heavy (non-hydrogen) atoms. The van der Waals surface area contributed by atoms with Gasteiger partial charge >= 0.3 is 0 Å². The van der Waals surface area contributed by atoms with Crippen molar-refractivity contribution in [2.45, 2.75) is 25.9 Å². The Morgan fingerprint density at radius 3 is 2.75 bits per heavy atom. The summed E-state index contributed by atoms with van der Waals surface area (Å²) in [5.41, 5.74) is 1.04. The molecular formula is C21H28N4O2S. The maximum atomic E-state index is 11.9. The van der Waals surface area contributed by atoms with E-state index in [1.807, 2.05) is 35.7 Å². The molecule has 2 aromatic rings. The van der Waals surface area contributed by atoms with Crippen LogP contribution in [-0.4, -0.2) is 44.0 Å². The smallest absolute Gasteiger partial charge is 0.241 e. The number of para-hydroxylation sites is 1. The molecule has 3 rings (SSSR count). The first-order valence-corrected chi connectivity index (χ1v) is 10.4. The Morgan fingerprint density at radius 2 is 2.04 bits per heavy atom. The zero-order valence-electron chi connectivity index (χ0n) is 16.5. The number of guanidine groups is 1. The van der Waals surface area contributed by atoms with Crippen LogP contribution >= 0.6 is 11.3 Å². The minimum atomic E-state index is -0.00112. The number of hydrogen-bond acceptors (Lipinski definition) is 4. The molecule has 0 bridgehead atoms. The fourth-order valence-electron chi connectivity index (χ4n) is 2.51. The minimum Gasteiger partial charge on any atom is -0.493 e. The number of nitrogens with one attached hydrogen (secondary N) is 2. The standard InChI is InChI=1S/C21H28N4O2S/c1-25(2)20(26)14-24-21(23-13-18-7-5-11-28-18)22-12-17-6-3-4-8-19(17)27-15-16-9-10-16/h3-8,11,16H,9-10,12-15H2,1-2H3,(H2,22,23,24). The largest absolute Gasteiger partial charge is 0.493 e. The highest BCUT2D eigenvalue weighted by atomic mass is 32.1. The molecule has 1 amide bonds. The van der Waals surface area contributed by atoms with Gasteiger partial charge in [0.15, 0.2) is 5.96 Å². The number of amides is 1. The summed E-state index contributed by atoms with van der Waals surface area (Å²) in [6.07, 6.45) is 2.53. The molecule has 0 radical (unpaired) electrons. The lowest BCUT2D eigenvalue weighted by atomic mass is 10.2. The lowest BCUT2D eigenvalue weighted by Gasteiger charge is -2.15. The Bertz CT molecular complexity index is 785. The second-order valence-electron chi connectivity index (χ2n) is 7.10. The molecule has 0 spiro atoms. The summed E-state index contributed by atoms with van der Waals surface area (Å²) < 4.78 is 5.97. The Labute approximate surface area is 170 Å². The van der Waals surface area contributed by atoms with E-state index >= 15 is 0 Å². The zero-order chi connectivity index (χ0) is 19.8. The third-order valence-electron chi connectivity index (χ3n) is 4.47. The summed E-state index contributed by atoms with van der Waals surface area (Å²) in [4.78, 5) is 19.4. The molecule has 1 saturated carbocycles. The molecule has 0 aliphatic heterocycles. The fraction of sp³-hybridized carbons (Fsp3) is 0.429. The van der Waals surface area contributed by atoms with E-state index in [1.165, 1.54) is 17.7 Å². The molecule has 1 fully saturated rings. The van der Waals surface area contributed by atoms with Gasteiger partial charge in [-0.15, -0.1) is 11.3 Å². The van der Waals surface area contributed by atoms with Gasteiger partial charge in [-0.2, -0.15) is 0 Å². The van der Waals surface area contributed by atoms with Gasteiger partial charge in [0.05, 0.1) is 26.2 Å². The van der Waals surface area contributed by atoms with E-state index in [0.29, 0.717) is 25.0 Å². The second-order valence-corrected chi connectivity index (χ2v) is 8.13. The van der Waals surface area contributed by atoms with E-state index in [-0.39, 0.29) is 12.5 Å². The summed E-state index contributed by atoms with van der Waals surface area (Å²) in [7, 11) is 3.49. The number of aliphatic imine (C=N–C) groups is 1. The van der Waals surface area contributed by atoms with Gasteiger partial charge in [0, 0.05) is 24.5 Å². The maximum absolute atomic E-state index is 11.9. The monoisotopic (exact) mass is 400 g/mol. The highest BCUT2D eigenvalue weighted by Gasteiger charge is 2.22. The highest BCUT2D eigenvalue weighted by Crippen LogP contribution is 2.30. The topological polar surface area (TPSA) is 66.0 Å². The molecule has 6 nitrogen and oxygen atoms in total. The summed E-state index contributed by atoms with van der Waals surface area (Å²) in [6, 6.07) is 12.1. The van der Waals surface area contributed by atoms with Crippen LogP contribution in [0.4, 0.5) is 0 Å². The van der Waals surface area contributed by atoms with Gasteiger partial charge in [0.1, 0.15) is 5.75 Å². The molecular weight excluding hydrogens is 372 g/mol. The number of thiophene rings is 1. The van der Waals surface area contributed by atoms with Crippen molar-refractivity contribution >= 4 is 23.2 Å². The molecule has 0 atom stereocenters. The Hall–Kier alpha value is -2.54. The molecule has 7 heteroatoms.